The van der Waals surface area contributed by atoms with Crippen LogP contribution < -0.4 is 5.56 Å². The fourth-order valence-electron chi connectivity index (χ4n) is 4.13. The molecule has 35 heavy (non-hydrogen) atoms. The number of aromatic carboxylic acids is 1. The summed E-state index contributed by atoms with van der Waals surface area (Å²) in [6.45, 7) is 11.8. The Bertz CT molecular complexity index is 1570. The van der Waals surface area contributed by atoms with E-state index in [9.17, 15) is 14.7 Å². The quantitative estimate of drug-likeness (QED) is 0.337. The summed E-state index contributed by atoms with van der Waals surface area (Å²) in [6, 6.07) is 12.5. The number of carboxylic acid groups (broad SMARTS) is 1. The highest BCUT2D eigenvalue weighted by atomic mass is 79.9. The zero-order valence-electron chi connectivity index (χ0n) is 20.5. The number of hydrogen-bond acceptors (Lipinski definition) is 4. The molecule has 0 fully saturated rings. The van der Waals surface area contributed by atoms with Crippen LogP contribution in [0.25, 0.3) is 16.6 Å². The number of aryl methyl sites for hydroxylation is 2. The van der Waals surface area contributed by atoms with Crippen LogP contribution in [0.5, 0.6) is 0 Å². The second-order valence-electron chi connectivity index (χ2n) is 9.68. The van der Waals surface area contributed by atoms with Crippen LogP contribution in [0.1, 0.15) is 59.5 Å². The van der Waals surface area contributed by atoms with Crippen LogP contribution in [0.4, 0.5) is 0 Å². The van der Waals surface area contributed by atoms with Crippen molar-refractivity contribution in [2.24, 2.45) is 5.10 Å². The summed E-state index contributed by atoms with van der Waals surface area (Å²) >= 11 is 3.43. The first-order chi connectivity index (χ1) is 16.4. The van der Waals surface area contributed by atoms with Gasteiger partial charge in [0.2, 0.25) is 0 Å². The molecule has 4 rings (SSSR count). The number of nitrogens with zero attached hydrogens (tertiary/aromatic N) is 4. The van der Waals surface area contributed by atoms with Crippen molar-refractivity contribution >= 4 is 39.0 Å². The third kappa shape index (κ3) is 4.58. The fourth-order valence-corrected chi connectivity index (χ4v) is 4.49. The Hall–Kier alpha value is -3.52. The van der Waals surface area contributed by atoms with Crippen LogP contribution in [0.15, 0.2) is 56.8 Å². The summed E-state index contributed by atoms with van der Waals surface area (Å²) in [5.74, 6) is -0.410. The maximum absolute atomic E-state index is 13.4. The third-order valence-electron chi connectivity index (χ3n) is 5.96. The molecule has 0 bridgehead atoms. The van der Waals surface area contributed by atoms with Crippen LogP contribution in [-0.4, -0.2) is 31.5 Å². The first-order valence-corrected chi connectivity index (χ1v) is 12.0. The summed E-state index contributed by atoms with van der Waals surface area (Å²) in [6.07, 6.45) is 1.66. The molecule has 2 aromatic carbocycles. The number of fused-ring (bicyclic) bond motifs is 1. The van der Waals surface area contributed by atoms with Gasteiger partial charge in [0.05, 0.1) is 22.7 Å². The van der Waals surface area contributed by atoms with E-state index in [2.05, 4.69) is 21.0 Å². The van der Waals surface area contributed by atoms with E-state index >= 15 is 0 Å². The lowest BCUT2D eigenvalue weighted by Crippen LogP contribution is -2.29. The van der Waals surface area contributed by atoms with Gasteiger partial charge in [-0.05, 0) is 62.7 Å². The Morgan fingerprint density at radius 2 is 1.80 bits per heavy atom. The minimum Gasteiger partial charge on any atom is -0.478 e. The molecule has 8 heteroatoms. The van der Waals surface area contributed by atoms with Crippen LogP contribution in [-0.2, 0) is 5.41 Å². The lowest BCUT2D eigenvalue weighted by atomic mass is 9.95. The highest BCUT2D eigenvalue weighted by molar-refractivity contribution is 9.10. The van der Waals surface area contributed by atoms with E-state index in [1.807, 2.05) is 64.3 Å². The second-order valence-corrected chi connectivity index (χ2v) is 10.6. The summed E-state index contributed by atoms with van der Waals surface area (Å²) in [4.78, 5) is 29.7. The van der Waals surface area contributed by atoms with Gasteiger partial charge in [0, 0.05) is 32.5 Å². The predicted molar refractivity (Wildman–Crippen MR) is 142 cm³/mol. The average molecular weight is 535 g/mol. The minimum absolute atomic E-state index is 0.225. The molecule has 0 amide bonds. The van der Waals surface area contributed by atoms with Crippen LogP contribution >= 0.6 is 15.9 Å². The SMILES string of the molecule is Cc1ccc(C(=O)O)cc1-n1c(C)cc(C=Nn2c(C(C)(C)C)nc3ccc(Br)cc3c2=O)c1C. The number of carbonyl (C=O) groups is 1. The standard InChI is InChI=1S/C27H27BrN4O3/c1-15-7-8-18(25(34)35)12-23(15)31-16(2)11-19(17(31)3)14-29-32-24(33)21-13-20(28)9-10-22(21)30-26(32)27(4,5)6/h7-14H,1-6H3,(H,34,35). The van der Waals surface area contributed by atoms with Gasteiger partial charge in [-0.15, -0.1) is 0 Å². The number of hydrogen-bond donors (Lipinski definition) is 1. The number of halogens is 1. The molecule has 2 aromatic heterocycles. The Labute approximate surface area is 211 Å². The highest BCUT2D eigenvalue weighted by Gasteiger charge is 2.23. The molecule has 0 atom stereocenters. The van der Waals surface area contributed by atoms with E-state index in [1.54, 1.807) is 30.5 Å². The molecular weight excluding hydrogens is 508 g/mol. The van der Waals surface area contributed by atoms with Crippen molar-refractivity contribution in [1.29, 1.82) is 0 Å². The van der Waals surface area contributed by atoms with Crippen LogP contribution in [0.3, 0.4) is 0 Å². The van der Waals surface area contributed by atoms with Gasteiger partial charge in [-0.25, -0.2) is 9.78 Å². The van der Waals surface area contributed by atoms with Crippen LogP contribution in [0, 0.1) is 20.8 Å². The molecule has 4 aromatic rings. The Balaban J connectivity index is 1.87. The predicted octanol–water partition coefficient (Wildman–Crippen LogP) is 5.75. The van der Waals surface area contributed by atoms with Crippen molar-refractivity contribution < 1.29 is 9.90 Å². The molecule has 0 spiro atoms. The molecule has 1 N–H and O–H groups in total. The highest BCUT2D eigenvalue weighted by Crippen LogP contribution is 2.25. The maximum Gasteiger partial charge on any atom is 0.335 e. The van der Waals surface area contributed by atoms with Crippen molar-refractivity contribution in [3.8, 4) is 5.69 Å². The van der Waals surface area contributed by atoms with E-state index < -0.39 is 11.4 Å². The first-order valence-electron chi connectivity index (χ1n) is 11.2. The topological polar surface area (TPSA) is 89.5 Å². The zero-order valence-corrected chi connectivity index (χ0v) is 22.1. The van der Waals surface area contributed by atoms with Gasteiger partial charge in [0.25, 0.3) is 5.56 Å². The van der Waals surface area contributed by atoms with Crippen molar-refractivity contribution in [3.63, 3.8) is 0 Å². The normalized spacial score (nSPS) is 12.1. The molecule has 0 saturated heterocycles. The van der Waals surface area contributed by atoms with Gasteiger partial charge >= 0.3 is 5.97 Å². The third-order valence-corrected chi connectivity index (χ3v) is 6.45. The minimum atomic E-state index is -0.972. The van der Waals surface area contributed by atoms with Gasteiger partial charge in [-0.2, -0.15) is 9.78 Å². The molecule has 180 valence electrons. The summed E-state index contributed by atoms with van der Waals surface area (Å²) in [7, 11) is 0. The maximum atomic E-state index is 13.4. The Morgan fingerprint density at radius 1 is 1.09 bits per heavy atom. The smallest absolute Gasteiger partial charge is 0.335 e. The molecule has 0 unspecified atom stereocenters. The molecule has 0 saturated carbocycles. The number of aromatic nitrogens is 3. The fraction of sp³-hybridized carbons (Fsp3) is 0.259. The Kier molecular flexibility index (Phi) is 6.27. The zero-order chi connectivity index (χ0) is 25.7. The monoisotopic (exact) mass is 534 g/mol. The lowest BCUT2D eigenvalue weighted by Gasteiger charge is -2.20. The molecule has 2 heterocycles. The molecular formula is C27H27BrN4O3. The van der Waals surface area contributed by atoms with Gasteiger partial charge in [-0.1, -0.05) is 42.8 Å². The largest absolute Gasteiger partial charge is 0.478 e. The van der Waals surface area contributed by atoms with Crippen molar-refractivity contribution in [2.75, 3.05) is 0 Å². The van der Waals surface area contributed by atoms with E-state index in [4.69, 9.17) is 4.98 Å². The molecule has 7 nitrogen and oxygen atoms in total. The summed E-state index contributed by atoms with van der Waals surface area (Å²) in [5.41, 5.74) is 4.59. The van der Waals surface area contributed by atoms with Crippen molar-refractivity contribution in [2.45, 2.75) is 47.0 Å². The molecule has 0 radical (unpaired) electrons. The van der Waals surface area contributed by atoms with E-state index in [1.165, 1.54) is 4.68 Å². The first kappa shape index (κ1) is 24.6. The molecule has 0 aliphatic heterocycles. The van der Waals surface area contributed by atoms with E-state index in [0.29, 0.717) is 16.7 Å². The van der Waals surface area contributed by atoms with Crippen molar-refractivity contribution in [3.05, 3.63) is 91.2 Å². The Morgan fingerprint density at radius 3 is 2.46 bits per heavy atom. The number of benzene rings is 2. The van der Waals surface area contributed by atoms with Gasteiger partial charge in [0.1, 0.15) is 5.82 Å². The van der Waals surface area contributed by atoms with E-state index in [0.717, 1.165) is 32.7 Å². The van der Waals surface area contributed by atoms with Gasteiger partial charge < -0.3 is 9.67 Å². The summed E-state index contributed by atoms with van der Waals surface area (Å²) < 4.78 is 4.18. The molecule has 0 aliphatic rings. The van der Waals surface area contributed by atoms with Gasteiger partial charge in [-0.3, -0.25) is 4.79 Å². The van der Waals surface area contributed by atoms with Crippen molar-refractivity contribution in [1.82, 2.24) is 14.2 Å². The second kappa shape index (κ2) is 8.92. The number of rotatable bonds is 4. The number of carboxylic acids is 1. The average Bonchev–Trinajstić information content (AvgIpc) is 3.05. The summed E-state index contributed by atoms with van der Waals surface area (Å²) in [5, 5.41) is 14.5. The van der Waals surface area contributed by atoms with Crippen LogP contribution in [0.2, 0.25) is 0 Å². The lowest BCUT2D eigenvalue weighted by molar-refractivity contribution is 0.0697. The van der Waals surface area contributed by atoms with E-state index in [-0.39, 0.29) is 11.1 Å². The molecule has 0 aliphatic carbocycles. The van der Waals surface area contributed by atoms with Gasteiger partial charge in [0.15, 0.2) is 0 Å².